The number of anilines is 1. The number of aryl methyl sites for hydroxylation is 1. The molecule has 15 nitrogen and oxygen atoms in total. The fraction of sp³-hybridized carbons (Fsp3) is 0.525. The van der Waals surface area contributed by atoms with Gasteiger partial charge in [-0.2, -0.15) is 0 Å². The molecule has 0 aliphatic carbocycles. The quantitative estimate of drug-likeness (QED) is 0.0323. The molecule has 5 heterocycles. The zero-order valence-corrected chi connectivity index (χ0v) is 46.8. The standard InChI is InChI=1S/C61H84N10O5S/c1-41-56(77-40-66-41)45-25-23-43(24-26-45)37-65-59(75)51-19-15-31-70(51)60(76)57(61(2,3)4)67-54(73)21-10-8-6-5-7-9-11-22-55(74)68-32-29-42(30-33-68)34-44-16-14-17-46(35-44)71-47-27-28-48(71)39-69(38-47)52(58(63)64)36-50(62)49-18-12-13-20-53(49)72/h12-14,16-18,20,23-26,35-36,40,42,47-48,51,57,72H,5-11,15,19,21-22,27-34,37-39,62-64H2,1-4H3,(H,65,75)(H,67,73)/b50-36-/t47?,48?,51-,57+/m0/s1. The number of carbonyl (C=O) groups excluding carboxylic acids is 4. The summed E-state index contributed by atoms with van der Waals surface area (Å²) in [6, 6.07) is 23.5. The van der Waals surface area contributed by atoms with E-state index in [0.717, 1.165) is 131 Å². The number of benzene rings is 3. The van der Waals surface area contributed by atoms with Crippen LogP contribution in [0.4, 0.5) is 5.69 Å². The number of piperidine rings is 1. The van der Waals surface area contributed by atoms with Gasteiger partial charge in [0, 0.05) is 81.1 Å². The van der Waals surface area contributed by atoms with E-state index < -0.39 is 17.5 Å². The Hall–Kier alpha value is -6.55. The van der Waals surface area contributed by atoms with Crippen molar-refractivity contribution in [1.82, 2.24) is 30.3 Å². The number of hydrogen-bond acceptors (Lipinski definition) is 12. The number of phenolic OH excluding ortho intramolecular Hbond substituents is 1. The smallest absolute Gasteiger partial charge is 0.246 e. The first kappa shape index (κ1) is 56.6. The van der Waals surface area contributed by atoms with Crippen LogP contribution >= 0.6 is 11.3 Å². The summed E-state index contributed by atoms with van der Waals surface area (Å²) >= 11 is 1.61. The van der Waals surface area contributed by atoms with Crippen LogP contribution in [0, 0.1) is 18.3 Å². The summed E-state index contributed by atoms with van der Waals surface area (Å²) in [6.07, 6.45) is 16.0. The monoisotopic (exact) mass is 1070 g/mol. The summed E-state index contributed by atoms with van der Waals surface area (Å²) in [5.41, 5.74) is 27.6. The number of likely N-dealkylation sites (tertiary alicyclic amines) is 3. The number of phenols is 1. The highest BCUT2D eigenvalue weighted by molar-refractivity contribution is 7.13. The van der Waals surface area contributed by atoms with Crippen molar-refractivity contribution >= 4 is 46.3 Å². The van der Waals surface area contributed by atoms with Crippen LogP contribution in [0.3, 0.4) is 0 Å². The second-order valence-electron chi connectivity index (χ2n) is 23.1. The Morgan fingerprint density at radius 1 is 0.792 bits per heavy atom. The number of amides is 4. The van der Waals surface area contributed by atoms with Gasteiger partial charge in [0.15, 0.2) is 0 Å². The van der Waals surface area contributed by atoms with Gasteiger partial charge in [-0.15, -0.1) is 11.3 Å². The molecule has 2 unspecified atom stereocenters. The van der Waals surface area contributed by atoms with Crippen LogP contribution in [-0.4, -0.2) is 105 Å². The van der Waals surface area contributed by atoms with Gasteiger partial charge in [-0.05, 0) is 123 Å². The predicted molar refractivity (Wildman–Crippen MR) is 308 cm³/mol. The number of hydrogen-bond donors (Lipinski definition) is 6. The summed E-state index contributed by atoms with van der Waals surface area (Å²) < 4.78 is 0. The first-order valence-electron chi connectivity index (χ1n) is 28.3. The Morgan fingerprint density at radius 2 is 1.47 bits per heavy atom. The summed E-state index contributed by atoms with van der Waals surface area (Å²) in [5, 5.41) is 16.5. The number of thiazole rings is 1. The molecule has 2 bridgehead atoms. The molecule has 4 aromatic rings. The zero-order valence-electron chi connectivity index (χ0n) is 46.0. The normalized spacial score (nSPS) is 19.3. The molecule has 16 heteroatoms. The fourth-order valence-corrected chi connectivity index (χ4v) is 12.8. The first-order valence-corrected chi connectivity index (χ1v) is 29.2. The molecule has 4 aliphatic heterocycles. The average molecular weight is 1070 g/mol. The van der Waals surface area contributed by atoms with Crippen molar-refractivity contribution in [2.75, 3.05) is 37.6 Å². The molecule has 77 heavy (non-hydrogen) atoms. The number of aromatic nitrogens is 1. The maximum atomic E-state index is 14.0. The molecule has 8 rings (SSSR count). The Morgan fingerprint density at radius 3 is 2.12 bits per heavy atom. The van der Waals surface area contributed by atoms with Crippen molar-refractivity contribution in [2.45, 2.75) is 161 Å². The van der Waals surface area contributed by atoms with Crippen molar-refractivity contribution in [2.24, 2.45) is 28.5 Å². The third kappa shape index (κ3) is 14.7. The largest absolute Gasteiger partial charge is 0.507 e. The maximum absolute atomic E-state index is 14.0. The number of rotatable bonds is 22. The van der Waals surface area contributed by atoms with E-state index in [9.17, 15) is 24.3 Å². The molecule has 1 aromatic heterocycles. The van der Waals surface area contributed by atoms with E-state index in [-0.39, 0.29) is 35.2 Å². The topological polar surface area (TPSA) is 216 Å². The van der Waals surface area contributed by atoms with Gasteiger partial charge in [-0.1, -0.05) is 101 Å². The Balaban J connectivity index is 0.685. The van der Waals surface area contributed by atoms with Gasteiger partial charge >= 0.3 is 0 Å². The van der Waals surface area contributed by atoms with Crippen molar-refractivity contribution in [3.05, 3.63) is 118 Å². The minimum Gasteiger partial charge on any atom is -0.507 e. The summed E-state index contributed by atoms with van der Waals surface area (Å²) in [6.45, 7) is 11.9. The highest BCUT2D eigenvalue weighted by Gasteiger charge is 2.43. The third-order valence-corrected chi connectivity index (χ3v) is 17.3. The first-order chi connectivity index (χ1) is 37.0. The van der Waals surface area contributed by atoms with Gasteiger partial charge in [0.05, 0.1) is 21.8 Å². The number of fused-ring (bicyclic) bond motifs is 2. The summed E-state index contributed by atoms with van der Waals surface area (Å²) in [7, 11) is 0. The SMILES string of the molecule is Cc1ncsc1-c1ccc(CNC(=O)[C@@H]2CCCN2C(=O)[C@@H](NC(=O)CCCCCCCCCC(=O)N2CCC(Cc3cccc(N4C5CCC4CN(C(/C=C(\N)c4ccccc4O)=C(N)N)C5)c3)CC2)C(C)(C)C)cc1. The van der Waals surface area contributed by atoms with Crippen molar-refractivity contribution in [3.63, 3.8) is 0 Å². The molecular weight excluding hydrogens is 985 g/mol. The average Bonchev–Trinajstić information content (AvgIpc) is 4.16. The molecule has 414 valence electrons. The molecule has 4 amide bonds. The number of para-hydroxylation sites is 1. The number of nitrogens with one attached hydrogen (secondary N) is 2. The molecule has 4 fully saturated rings. The number of piperazine rings is 1. The number of carbonyl (C=O) groups is 4. The number of allylic oxidation sites excluding steroid dienone is 1. The van der Waals surface area contributed by atoms with E-state index in [1.165, 1.54) is 11.3 Å². The molecule has 9 N–H and O–H groups in total. The van der Waals surface area contributed by atoms with Crippen LogP contribution < -0.4 is 32.7 Å². The van der Waals surface area contributed by atoms with E-state index in [4.69, 9.17) is 17.2 Å². The summed E-state index contributed by atoms with van der Waals surface area (Å²) in [5.74, 6) is 0.641. The van der Waals surface area contributed by atoms with Gasteiger partial charge in [0.25, 0.3) is 0 Å². The zero-order chi connectivity index (χ0) is 54.6. The lowest BCUT2D eigenvalue weighted by atomic mass is 9.85. The second-order valence-corrected chi connectivity index (χ2v) is 23.9. The third-order valence-electron chi connectivity index (χ3n) is 16.3. The van der Waals surface area contributed by atoms with Crippen LogP contribution in [0.15, 0.2) is 95.9 Å². The number of nitrogens with zero attached hydrogens (tertiary/aromatic N) is 5. The van der Waals surface area contributed by atoms with E-state index in [2.05, 4.69) is 54.6 Å². The summed E-state index contributed by atoms with van der Waals surface area (Å²) in [4.78, 5) is 68.0. The van der Waals surface area contributed by atoms with Crippen LogP contribution in [-0.2, 0) is 32.1 Å². The molecule has 3 aromatic carbocycles. The highest BCUT2D eigenvalue weighted by atomic mass is 32.1. The van der Waals surface area contributed by atoms with Crippen LogP contribution in [0.25, 0.3) is 16.1 Å². The van der Waals surface area contributed by atoms with E-state index in [0.29, 0.717) is 67.3 Å². The van der Waals surface area contributed by atoms with Gasteiger partial charge in [-0.3, -0.25) is 19.2 Å². The Kier molecular flexibility index (Phi) is 19.3. The van der Waals surface area contributed by atoms with Crippen molar-refractivity contribution in [3.8, 4) is 16.2 Å². The van der Waals surface area contributed by atoms with E-state index in [1.807, 2.05) is 63.5 Å². The number of aromatic hydroxyl groups is 1. The van der Waals surface area contributed by atoms with Crippen molar-refractivity contribution < 1.29 is 24.3 Å². The molecule has 0 saturated carbocycles. The Bertz CT molecular complexity index is 2710. The molecule has 4 atom stereocenters. The molecular formula is C61H84N10O5S. The number of unbranched alkanes of at least 4 members (excludes halogenated alkanes) is 6. The number of nitrogens with two attached hydrogens (primary N) is 3. The van der Waals surface area contributed by atoms with E-state index >= 15 is 0 Å². The molecule has 4 aliphatic rings. The lowest BCUT2D eigenvalue weighted by molar-refractivity contribution is -0.143. The lowest BCUT2D eigenvalue weighted by Crippen LogP contribution is -2.57. The van der Waals surface area contributed by atoms with Crippen LogP contribution in [0.2, 0.25) is 0 Å². The van der Waals surface area contributed by atoms with Gasteiger partial charge in [0.2, 0.25) is 23.6 Å². The van der Waals surface area contributed by atoms with Gasteiger partial charge in [-0.25, -0.2) is 4.98 Å². The molecule has 0 spiro atoms. The molecule has 4 saturated heterocycles. The second kappa shape index (κ2) is 26.2. The highest BCUT2D eigenvalue weighted by Crippen LogP contribution is 2.38. The van der Waals surface area contributed by atoms with Crippen LogP contribution in [0.1, 0.15) is 139 Å². The minimum absolute atomic E-state index is 0.115. The molecule has 0 radical (unpaired) electrons. The van der Waals surface area contributed by atoms with Gasteiger partial charge < -0.3 is 52.5 Å². The van der Waals surface area contributed by atoms with Crippen LogP contribution in [0.5, 0.6) is 5.75 Å². The fourth-order valence-electron chi connectivity index (χ4n) is 12.0. The predicted octanol–water partition coefficient (Wildman–Crippen LogP) is 8.69. The van der Waals surface area contributed by atoms with Gasteiger partial charge in [0.1, 0.15) is 23.7 Å². The minimum atomic E-state index is -0.732. The van der Waals surface area contributed by atoms with E-state index in [1.54, 1.807) is 40.5 Å². The Labute approximate surface area is 460 Å². The maximum Gasteiger partial charge on any atom is 0.246 e. The van der Waals surface area contributed by atoms with Crippen molar-refractivity contribution in [1.29, 1.82) is 0 Å². The lowest BCUT2D eigenvalue weighted by Gasteiger charge is -2.44.